The van der Waals surface area contributed by atoms with Gasteiger partial charge in [0, 0.05) is 22.2 Å². The molecule has 10 heteroatoms. The Morgan fingerprint density at radius 3 is 2.86 bits per heavy atom. The maximum Gasteiger partial charge on any atom is 0.281 e. The summed E-state index contributed by atoms with van der Waals surface area (Å²) in [4.78, 5) is 28.1. The van der Waals surface area contributed by atoms with Crippen LogP contribution in [0.4, 0.5) is 10.8 Å². The van der Waals surface area contributed by atoms with E-state index < -0.39 is 10.8 Å². The first-order valence-electron chi connectivity index (χ1n) is 8.24. The number of nitro benzene ring substituents is 1. The van der Waals surface area contributed by atoms with Crippen molar-refractivity contribution in [3.63, 3.8) is 0 Å². The molecule has 8 nitrogen and oxygen atoms in total. The average Bonchev–Trinajstić information content (AvgIpc) is 3.37. The Morgan fingerprint density at radius 2 is 2.10 bits per heavy atom. The lowest BCUT2D eigenvalue weighted by atomic mass is 10.2. The van der Waals surface area contributed by atoms with Crippen LogP contribution in [0.15, 0.2) is 74.9 Å². The molecular formula is C19H11BrN4O4S. The van der Waals surface area contributed by atoms with Crippen molar-refractivity contribution in [1.29, 1.82) is 0 Å². The number of hydrogen-bond donors (Lipinski definition) is 0. The van der Waals surface area contributed by atoms with E-state index in [1.54, 1.807) is 12.1 Å². The molecule has 0 aliphatic rings. The number of nitro groups is 1. The predicted octanol–water partition coefficient (Wildman–Crippen LogP) is 5.24. The highest BCUT2D eigenvalue weighted by atomic mass is 79.9. The Labute approximate surface area is 176 Å². The largest absolute Gasteiger partial charge is 0.463 e. The van der Waals surface area contributed by atoms with Gasteiger partial charge in [-0.3, -0.25) is 14.9 Å². The molecule has 0 atom stereocenters. The van der Waals surface area contributed by atoms with Gasteiger partial charge < -0.3 is 4.42 Å². The average molecular weight is 471 g/mol. The molecule has 0 saturated carbocycles. The molecule has 0 aliphatic heterocycles. The van der Waals surface area contributed by atoms with Crippen LogP contribution in [-0.2, 0) is 0 Å². The van der Waals surface area contributed by atoms with E-state index in [9.17, 15) is 14.9 Å². The van der Waals surface area contributed by atoms with E-state index >= 15 is 0 Å². The number of rotatable bonds is 5. The summed E-state index contributed by atoms with van der Waals surface area (Å²) < 4.78 is 6.98. The summed E-state index contributed by atoms with van der Waals surface area (Å²) in [6.45, 7) is 0. The van der Waals surface area contributed by atoms with E-state index in [0.717, 1.165) is 14.2 Å². The molecule has 2 aromatic carbocycles. The Bertz CT molecular complexity index is 1240. The van der Waals surface area contributed by atoms with Crippen LogP contribution in [0.25, 0.3) is 10.2 Å². The van der Waals surface area contributed by atoms with Crippen molar-refractivity contribution in [2.45, 2.75) is 0 Å². The van der Waals surface area contributed by atoms with Crippen LogP contribution in [0.2, 0.25) is 0 Å². The first-order chi connectivity index (χ1) is 14.0. The quantitative estimate of drug-likeness (QED) is 0.225. The standard InChI is InChI=1S/C19H11BrN4O4S/c20-13-6-7-16-17(10-13)29-19(22-16)23(21-11-15-5-2-8-28-15)18(25)12-3-1-4-14(9-12)24(26)27/h1-11H/b21-11+. The predicted molar refractivity (Wildman–Crippen MR) is 114 cm³/mol. The fraction of sp³-hybridized carbons (Fsp3) is 0. The maximum absolute atomic E-state index is 13.1. The van der Waals surface area contributed by atoms with E-state index in [4.69, 9.17) is 4.42 Å². The molecule has 0 radical (unpaired) electrons. The van der Waals surface area contributed by atoms with Crippen LogP contribution < -0.4 is 5.01 Å². The smallest absolute Gasteiger partial charge is 0.281 e. The number of thiazole rings is 1. The Hall–Kier alpha value is -3.37. The van der Waals surface area contributed by atoms with Crippen molar-refractivity contribution in [2.75, 3.05) is 5.01 Å². The Morgan fingerprint density at radius 1 is 1.24 bits per heavy atom. The third kappa shape index (κ3) is 4.08. The summed E-state index contributed by atoms with van der Waals surface area (Å²) in [5.74, 6) is -0.0969. The molecule has 2 heterocycles. The summed E-state index contributed by atoms with van der Waals surface area (Å²) in [5.41, 5.74) is 0.647. The third-order valence-corrected chi connectivity index (χ3v) is 5.35. The lowest BCUT2D eigenvalue weighted by Gasteiger charge is -2.13. The zero-order chi connectivity index (χ0) is 20.4. The lowest BCUT2D eigenvalue weighted by Crippen LogP contribution is -2.25. The topological polar surface area (TPSA) is 102 Å². The van der Waals surface area contributed by atoms with E-state index in [2.05, 4.69) is 26.0 Å². The minimum absolute atomic E-state index is 0.122. The van der Waals surface area contributed by atoms with Gasteiger partial charge in [0.15, 0.2) is 0 Å². The zero-order valence-corrected chi connectivity index (χ0v) is 17.0. The molecule has 0 bridgehead atoms. The number of benzene rings is 2. The summed E-state index contributed by atoms with van der Waals surface area (Å²) in [6, 6.07) is 14.4. The molecular weight excluding hydrogens is 460 g/mol. The maximum atomic E-state index is 13.1. The van der Waals surface area contributed by atoms with Crippen molar-refractivity contribution < 1.29 is 14.1 Å². The number of hydrogen-bond acceptors (Lipinski definition) is 7. The minimum Gasteiger partial charge on any atom is -0.463 e. The van der Waals surface area contributed by atoms with Crippen LogP contribution >= 0.6 is 27.3 Å². The van der Waals surface area contributed by atoms with Crippen LogP contribution in [0.1, 0.15) is 16.1 Å². The number of aromatic nitrogens is 1. The van der Waals surface area contributed by atoms with Gasteiger partial charge in [0.2, 0.25) is 5.13 Å². The number of halogens is 1. The molecule has 4 rings (SSSR count). The van der Waals surface area contributed by atoms with Gasteiger partial charge in [-0.2, -0.15) is 10.1 Å². The summed E-state index contributed by atoms with van der Waals surface area (Å²) >= 11 is 4.69. The first kappa shape index (κ1) is 19.0. The second kappa shape index (κ2) is 7.94. The zero-order valence-electron chi connectivity index (χ0n) is 14.6. The summed E-state index contributed by atoms with van der Waals surface area (Å²) in [6.07, 6.45) is 2.88. The van der Waals surface area contributed by atoms with Gasteiger partial charge in [-0.15, -0.1) is 0 Å². The SMILES string of the molecule is O=C(c1cccc([N+](=O)[O-])c1)N(/N=C/c1ccco1)c1nc2ccc(Br)cc2s1. The van der Waals surface area contributed by atoms with Crippen LogP contribution in [-0.4, -0.2) is 22.0 Å². The van der Waals surface area contributed by atoms with Crippen molar-refractivity contribution in [3.05, 3.63) is 86.8 Å². The van der Waals surface area contributed by atoms with Crippen LogP contribution in [0, 0.1) is 10.1 Å². The van der Waals surface area contributed by atoms with E-state index in [1.807, 2.05) is 18.2 Å². The van der Waals surface area contributed by atoms with Gasteiger partial charge >= 0.3 is 0 Å². The lowest BCUT2D eigenvalue weighted by molar-refractivity contribution is -0.384. The van der Waals surface area contributed by atoms with Gasteiger partial charge in [0.25, 0.3) is 11.6 Å². The number of non-ortho nitro benzene ring substituents is 1. The molecule has 1 amide bonds. The van der Waals surface area contributed by atoms with E-state index in [1.165, 1.54) is 48.1 Å². The van der Waals surface area contributed by atoms with Gasteiger partial charge in [0.05, 0.1) is 27.6 Å². The highest BCUT2D eigenvalue weighted by molar-refractivity contribution is 9.10. The number of furan rings is 1. The molecule has 29 heavy (non-hydrogen) atoms. The van der Waals surface area contributed by atoms with Crippen molar-refractivity contribution in [2.24, 2.45) is 5.10 Å². The highest BCUT2D eigenvalue weighted by Crippen LogP contribution is 2.32. The highest BCUT2D eigenvalue weighted by Gasteiger charge is 2.23. The minimum atomic E-state index is -0.553. The monoisotopic (exact) mass is 470 g/mol. The van der Waals surface area contributed by atoms with E-state index in [0.29, 0.717) is 16.4 Å². The number of carbonyl (C=O) groups excluding carboxylic acids is 1. The van der Waals surface area contributed by atoms with Gasteiger partial charge in [0.1, 0.15) is 5.76 Å². The van der Waals surface area contributed by atoms with Crippen molar-refractivity contribution >= 4 is 60.4 Å². The second-order valence-corrected chi connectivity index (χ2v) is 7.72. The van der Waals surface area contributed by atoms with Gasteiger partial charge in [-0.05, 0) is 36.4 Å². The molecule has 0 N–H and O–H groups in total. The molecule has 4 aromatic rings. The molecule has 0 fully saturated rings. The number of carbonyl (C=O) groups is 1. The fourth-order valence-corrected chi connectivity index (χ4v) is 3.99. The normalized spacial score (nSPS) is 11.2. The third-order valence-electron chi connectivity index (χ3n) is 3.86. The van der Waals surface area contributed by atoms with Gasteiger partial charge in [-0.1, -0.05) is 33.3 Å². The molecule has 0 unspecified atom stereocenters. The molecule has 0 aliphatic carbocycles. The second-order valence-electron chi connectivity index (χ2n) is 5.79. The number of hydrazone groups is 1. The Kier molecular flexibility index (Phi) is 5.19. The van der Waals surface area contributed by atoms with Gasteiger partial charge in [-0.25, -0.2) is 4.98 Å². The van der Waals surface area contributed by atoms with Crippen molar-refractivity contribution in [3.8, 4) is 0 Å². The Balaban J connectivity index is 1.77. The fourth-order valence-electron chi connectivity index (χ4n) is 2.52. The van der Waals surface area contributed by atoms with Crippen molar-refractivity contribution in [1.82, 2.24) is 4.98 Å². The number of fused-ring (bicyclic) bond motifs is 1. The number of nitrogens with zero attached hydrogens (tertiary/aromatic N) is 4. The molecule has 0 saturated heterocycles. The molecule has 144 valence electrons. The van der Waals surface area contributed by atoms with Crippen LogP contribution in [0.5, 0.6) is 0 Å². The first-order valence-corrected chi connectivity index (χ1v) is 9.85. The number of amides is 1. The van der Waals surface area contributed by atoms with Crippen LogP contribution in [0.3, 0.4) is 0 Å². The summed E-state index contributed by atoms with van der Waals surface area (Å²) in [7, 11) is 0. The molecule has 2 aromatic heterocycles. The number of anilines is 1. The van der Waals surface area contributed by atoms with E-state index in [-0.39, 0.29) is 11.3 Å². The summed E-state index contributed by atoms with van der Waals surface area (Å²) in [5, 5.41) is 16.7. The molecule has 0 spiro atoms.